The van der Waals surface area contributed by atoms with Gasteiger partial charge in [0.1, 0.15) is 9.88 Å². The Kier molecular flexibility index (Phi) is 8.76. The Bertz CT molecular complexity index is 942. The summed E-state index contributed by atoms with van der Waals surface area (Å²) in [5, 5.41) is 13.0. The van der Waals surface area contributed by atoms with Crippen LogP contribution < -0.4 is 4.90 Å². The van der Waals surface area contributed by atoms with Gasteiger partial charge in [-0.25, -0.2) is 14.5 Å². The third-order valence-electron chi connectivity index (χ3n) is 6.25. The van der Waals surface area contributed by atoms with E-state index in [2.05, 4.69) is 33.1 Å². The number of unbranched alkanes of at least 4 members (excludes halogenated alkanes) is 1. The van der Waals surface area contributed by atoms with Gasteiger partial charge in [0.15, 0.2) is 0 Å². The number of aryl methyl sites for hydroxylation is 1. The van der Waals surface area contributed by atoms with E-state index in [4.69, 9.17) is 4.74 Å². The second-order valence-corrected chi connectivity index (χ2v) is 11.4. The lowest BCUT2D eigenvalue weighted by Gasteiger charge is -2.19. The lowest BCUT2D eigenvalue weighted by Crippen LogP contribution is -2.37. The molecule has 3 heterocycles. The third kappa shape index (κ3) is 5.95. The first-order chi connectivity index (χ1) is 16.1. The van der Waals surface area contributed by atoms with Gasteiger partial charge < -0.3 is 9.64 Å². The third-order valence-corrected chi connectivity index (χ3v) is 8.65. The smallest absolute Gasteiger partial charge is 0.350 e. The monoisotopic (exact) mass is 554 g/mol. The molecule has 1 saturated heterocycles. The molecule has 0 bridgehead atoms. The Balaban J connectivity index is 1.50. The van der Waals surface area contributed by atoms with Gasteiger partial charge in [-0.05, 0) is 42.7 Å². The minimum absolute atomic E-state index is 0.189. The number of carbonyl (C=O) groups is 2. The summed E-state index contributed by atoms with van der Waals surface area (Å²) in [5.41, 5.74) is 1.16. The van der Waals surface area contributed by atoms with Gasteiger partial charge in [0.05, 0.1) is 6.54 Å². The summed E-state index contributed by atoms with van der Waals surface area (Å²) in [5.74, 6) is 0.0171. The number of urea groups is 1. The molecule has 1 atom stereocenters. The van der Waals surface area contributed by atoms with Crippen molar-refractivity contribution in [1.29, 1.82) is 0 Å². The highest BCUT2D eigenvalue weighted by Crippen LogP contribution is 2.37. The van der Waals surface area contributed by atoms with Crippen LogP contribution in [0.5, 0.6) is 0 Å². The number of thiophene rings is 1. The molecule has 2 aliphatic rings. The molecule has 2 amide bonds. The number of aromatic nitrogens is 2. The lowest BCUT2D eigenvalue weighted by molar-refractivity contribution is 0.0333. The minimum Gasteiger partial charge on any atom is -0.435 e. The summed E-state index contributed by atoms with van der Waals surface area (Å²) in [6.07, 6.45) is 9.67. The molecule has 4 rings (SSSR count). The quantitative estimate of drug-likeness (QED) is 0.209. The maximum Gasteiger partial charge on any atom is 0.350 e. The Morgan fingerprint density at radius 2 is 2.03 bits per heavy atom. The van der Waals surface area contributed by atoms with Gasteiger partial charge in [-0.3, -0.25) is 0 Å². The molecule has 1 saturated carbocycles. The second-order valence-electron chi connectivity index (χ2n) is 8.68. The van der Waals surface area contributed by atoms with E-state index in [1.54, 1.807) is 4.90 Å². The Morgan fingerprint density at radius 3 is 2.76 bits per heavy atom. The maximum absolute atomic E-state index is 13.2. The largest absolute Gasteiger partial charge is 0.435 e. The molecule has 1 aliphatic carbocycles. The first-order valence-electron chi connectivity index (χ1n) is 11.9. The number of hydrogen-bond donors (Lipinski definition) is 0. The summed E-state index contributed by atoms with van der Waals surface area (Å²) >= 11 is 6.28. The van der Waals surface area contributed by atoms with Crippen LogP contribution in [0.2, 0.25) is 0 Å². The molecule has 1 aliphatic heterocycles. The fourth-order valence-electron chi connectivity index (χ4n) is 4.40. The van der Waals surface area contributed by atoms with Crippen molar-refractivity contribution in [2.45, 2.75) is 76.9 Å². The van der Waals surface area contributed by atoms with Crippen LogP contribution in [0.1, 0.15) is 84.5 Å². The summed E-state index contributed by atoms with van der Waals surface area (Å²) in [6.45, 7) is 3.01. The van der Waals surface area contributed by atoms with Gasteiger partial charge >= 0.3 is 12.0 Å². The molecule has 2 fully saturated rings. The Labute approximate surface area is 211 Å². The average Bonchev–Trinajstić information content (AvgIpc) is 3.48. The molecule has 180 valence electrons. The number of hydrogen-bond acceptors (Lipinski definition) is 7. The summed E-state index contributed by atoms with van der Waals surface area (Å²) < 4.78 is 5.86. The zero-order chi connectivity index (χ0) is 23.2. The molecule has 0 radical (unpaired) electrons. The molecule has 7 nitrogen and oxygen atoms in total. The maximum atomic E-state index is 13.2. The number of amides is 2. The minimum atomic E-state index is -0.708. The molecule has 10 heteroatoms. The van der Waals surface area contributed by atoms with Crippen LogP contribution in [-0.2, 0) is 11.2 Å². The van der Waals surface area contributed by atoms with Gasteiger partial charge in [0, 0.05) is 17.8 Å². The normalized spacial score (nSPS) is 19.8. The van der Waals surface area contributed by atoms with E-state index in [0.717, 1.165) is 42.7 Å². The van der Waals surface area contributed by atoms with Crippen LogP contribution in [0.3, 0.4) is 0 Å². The number of nitrogens with zero attached hydrogens (tertiary/aromatic N) is 4. The topological polar surface area (TPSA) is 75.6 Å². The van der Waals surface area contributed by atoms with Crippen LogP contribution >= 0.6 is 38.6 Å². The summed E-state index contributed by atoms with van der Waals surface area (Å²) in [7, 11) is 0. The van der Waals surface area contributed by atoms with Crippen molar-refractivity contribution in [3.8, 4) is 0 Å². The average molecular weight is 556 g/mol. The zero-order valence-corrected chi connectivity index (χ0v) is 22.2. The standard InChI is InChI=1S/C23H31BrN4O3S2/c1-2-3-8-16-13-18(32-15-16)21(29)31-19-14-27(12-11-24)23(30)28(19)22-26-25-20(33-22)17-9-6-4-5-7-10-17/h13,15,17,19H,2-12,14H2,1H3. The number of alkyl halides is 1. The molecular formula is C23H31BrN4O3S2. The van der Waals surface area contributed by atoms with E-state index >= 15 is 0 Å². The number of ether oxygens (including phenoxy) is 1. The van der Waals surface area contributed by atoms with Gasteiger partial charge in [0.25, 0.3) is 0 Å². The Morgan fingerprint density at radius 1 is 1.24 bits per heavy atom. The van der Waals surface area contributed by atoms with E-state index in [0.29, 0.717) is 34.3 Å². The van der Waals surface area contributed by atoms with E-state index < -0.39 is 6.23 Å². The first-order valence-corrected chi connectivity index (χ1v) is 14.7. The molecule has 33 heavy (non-hydrogen) atoms. The molecule has 2 aromatic rings. The van der Waals surface area contributed by atoms with E-state index in [-0.39, 0.29) is 12.0 Å². The van der Waals surface area contributed by atoms with Crippen molar-refractivity contribution in [3.05, 3.63) is 26.9 Å². The summed E-state index contributed by atoms with van der Waals surface area (Å²) in [6, 6.07) is 1.72. The molecular weight excluding hydrogens is 524 g/mol. The number of rotatable bonds is 9. The predicted octanol–water partition coefficient (Wildman–Crippen LogP) is 6.20. The molecule has 2 aromatic heterocycles. The van der Waals surface area contributed by atoms with Crippen LogP contribution in [0.25, 0.3) is 0 Å². The van der Waals surface area contributed by atoms with Gasteiger partial charge in [0.2, 0.25) is 11.4 Å². The highest BCUT2D eigenvalue weighted by molar-refractivity contribution is 9.09. The number of carbonyl (C=O) groups excluding carboxylic acids is 2. The Hall–Kier alpha value is -1.52. The van der Waals surface area contributed by atoms with Crippen LogP contribution in [0.4, 0.5) is 9.93 Å². The van der Waals surface area contributed by atoms with Crippen molar-refractivity contribution in [3.63, 3.8) is 0 Å². The van der Waals surface area contributed by atoms with E-state index in [1.807, 2.05) is 11.4 Å². The highest BCUT2D eigenvalue weighted by atomic mass is 79.9. The van der Waals surface area contributed by atoms with E-state index in [9.17, 15) is 9.59 Å². The number of anilines is 1. The molecule has 1 unspecified atom stereocenters. The van der Waals surface area contributed by atoms with Crippen LogP contribution in [0.15, 0.2) is 11.4 Å². The van der Waals surface area contributed by atoms with Gasteiger partial charge in [-0.15, -0.1) is 21.5 Å². The molecule has 0 spiro atoms. The SMILES string of the molecule is CCCCc1csc(C(=O)OC2CN(CCBr)C(=O)N2c2nnc(C3CCCCCC3)s2)c1. The van der Waals surface area contributed by atoms with E-state index in [1.165, 1.54) is 53.3 Å². The van der Waals surface area contributed by atoms with Crippen LogP contribution in [-0.4, -0.2) is 51.7 Å². The fourth-order valence-corrected chi connectivity index (χ4v) is 6.70. The highest BCUT2D eigenvalue weighted by Gasteiger charge is 2.42. The van der Waals surface area contributed by atoms with Crippen molar-refractivity contribution in [2.24, 2.45) is 0 Å². The summed E-state index contributed by atoms with van der Waals surface area (Å²) in [4.78, 5) is 29.9. The van der Waals surface area contributed by atoms with Crippen molar-refractivity contribution >= 4 is 55.7 Å². The first kappa shape index (κ1) is 24.6. The molecule has 0 aromatic carbocycles. The fraction of sp³-hybridized carbons (Fsp3) is 0.652. The van der Waals surface area contributed by atoms with Crippen molar-refractivity contribution in [2.75, 3.05) is 23.3 Å². The number of halogens is 1. The van der Waals surface area contributed by atoms with Crippen molar-refractivity contribution in [1.82, 2.24) is 15.1 Å². The van der Waals surface area contributed by atoms with Crippen molar-refractivity contribution < 1.29 is 14.3 Å². The number of esters is 1. The van der Waals surface area contributed by atoms with Gasteiger partial charge in [-0.1, -0.05) is 66.3 Å². The molecule has 0 N–H and O–H groups in total. The van der Waals surface area contributed by atoms with Gasteiger partial charge in [-0.2, -0.15) is 0 Å². The predicted molar refractivity (Wildman–Crippen MR) is 136 cm³/mol. The lowest BCUT2D eigenvalue weighted by atomic mass is 10.0. The zero-order valence-electron chi connectivity index (χ0n) is 19.0. The second kappa shape index (κ2) is 11.8. The van der Waals surface area contributed by atoms with Crippen LogP contribution in [0, 0.1) is 0 Å².